The third kappa shape index (κ3) is 15.6. The van der Waals surface area contributed by atoms with Gasteiger partial charge in [0.25, 0.3) is 0 Å². The fourth-order valence-corrected chi connectivity index (χ4v) is 2.83. The van der Waals surface area contributed by atoms with Crippen LogP contribution >= 0.6 is 0 Å². The summed E-state index contributed by atoms with van der Waals surface area (Å²) in [4.78, 5) is 0. The molecule has 0 unspecified atom stereocenters. The standard InChI is InChI=1S/C20H40N/c1-5-7-9-11-13-15-17-19-21(3,4)20-18-16-14-12-10-8-6-2/h5-6H,1-2,7-20H2,3-4H3/q+1. The molecule has 0 amide bonds. The zero-order valence-electron chi connectivity index (χ0n) is 14.9. The molecule has 0 fully saturated rings. The molecular formula is C20H40N+. The fourth-order valence-electron chi connectivity index (χ4n) is 2.83. The third-order valence-electron chi connectivity index (χ3n) is 4.34. The number of nitrogens with zero attached hydrogens (tertiary/aromatic N) is 1. The average molecular weight is 295 g/mol. The first-order valence-corrected chi connectivity index (χ1v) is 9.16. The van der Waals surface area contributed by atoms with Crippen LogP contribution in [0.5, 0.6) is 0 Å². The van der Waals surface area contributed by atoms with Crippen molar-refractivity contribution in [3.05, 3.63) is 25.3 Å². The Morgan fingerprint density at radius 2 is 0.905 bits per heavy atom. The topological polar surface area (TPSA) is 0 Å². The van der Waals surface area contributed by atoms with Crippen LogP contribution in [0.3, 0.4) is 0 Å². The van der Waals surface area contributed by atoms with Gasteiger partial charge in [-0.15, -0.1) is 13.2 Å². The lowest BCUT2D eigenvalue weighted by Gasteiger charge is -2.30. The summed E-state index contributed by atoms with van der Waals surface area (Å²) in [6.07, 6.45) is 20.3. The molecule has 0 heterocycles. The van der Waals surface area contributed by atoms with Crippen molar-refractivity contribution in [1.29, 1.82) is 0 Å². The lowest BCUT2D eigenvalue weighted by atomic mass is 10.1. The predicted molar refractivity (Wildman–Crippen MR) is 97.6 cm³/mol. The average Bonchev–Trinajstić information content (AvgIpc) is 2.45. The second kappa shape index (κ2) is 14.4. The summed E-state index contributed by atoms with van der Waals surface area (Å²) in [6, 6.07) is 0. The summed E-state index contributed by atoms with van der Waals surface area (Å²) >= 11 is 0. The molecule has 0 radical (unpaired) electrons. The maximum Gasteiger partial charge on any atom is 0.0782 e. The minimum atomic E-state index is 1.19. The van der Waals surface area contributed by atoms with E-state index < -0.39 is 0 Å². The summed E-state index contributed by atoms with van der Waals surface area (Å²) in [7, 11) is 4.80. The molecule has 0 aliphatic heterocycles. The van der Waals surface area contributed by atoms with Gasteiger partial charge in [-0.3, -0.25) is 0 Å². The van der Waals surface area contributed by atoms with Crippen LogP contribution in [0.1, 0.15) is 77.0 Å². The van der Waals surface area contributed by atoms with Crippen molar-refractivity contribution in [3.8, 4) is 0 Å². The fraction of sp³-hybridized carbons (Fsp3) is 0.800. The van der Waals surface area contributed by atoms with E-state index in [4.69, 9.17) is 0 Å². The quantitative estimate of drug-likeness (QED) is 0.183. The zero-order chi connectivity index (χ0) is 15.8. The van der Waals surface area contributed by atoms with E-state index in [9.17, 15) is 0 Å². The molecule has 0 saturated carbocycles. The van der Waals surface area contributed by atoms with Crippen molar-refractivity contribution < 1.29 is 4.48 Å². The van der Waals surface area contributed by atoms with Crippen molar-refractivity contribution in [2.24, 2.45) is 0 Å². The number of hydrogen-bond acceptors (Lipinski definition) is 0. The van der Waals surface area contributed by atoms with Gasteiger partial charge in [0.1, 0.15) is 0 Å². The number of unbranched alkanes of at least 4 members (excludes halogenated alkanes) is 10. The molecule has 0 aromatic carbocycles. The number of quaternary nitrogens is 1. The lowest BCUT2D eigenvalue weighted by Crippen LogP contribution is -2.41. The highest BCUT2D eigenvalue weighted by atomic mass is 15.3. The van der Waals surface area contributed by atoms with E-state index in [1.54, 1.807) is 0 Å². The smallest absolute Gasteiger partial charge is 0.0782 e. The van der Waals surface area contributed by atoms with Crippen LogP contribution in [0.2, 0.25) is 0 Å². The van der Waals surface area contributed by atoms with Crippen molar-refractivity contribution in [1.82, 2.24) is 0 Å². The van der Waals surface area contributed by atoms with Gasteiger partial charge in [-0.05, 0) is 51.4 Å². The summed E-state index contributed by atoms with van der Waals surface area (Å²) in [5.41, 5.74) is 0. The molecule has 0 aliphatic rings. The van der Waals surface area contributed by atoms with Gasteiger partial charge in [-0.25, -0.2) is 0 Å². The van der Waals surface area contributed by atoms with Crippen molar-refractivity contribution in [2.75, 3.05) is 27.2 Å². The van der Waals surface area contributed by atoms with Gasteiger partial charge in [0.15, 0.2) is 0 Å². The van der Waals surface area contributed by atoms with E-state index in [2.05, 4.69) is 27.3 Å². The Morgan fingerprint density at radius 1 is 0.571 bits per heavy atom. The monoisotopic (exact) mass is 294 g/mol. The van der Waals surface area contributed by atoms with E-state index in [0.717, 1.165) is 0 Å². The molecule has 1 nitrogen and oxygen atoms in total. The van der Waals surface area contributed by atoms with Gasteiger partial charge >= 0.3 is 0 Å². The Balaban J connectivity index is 3.38. The molecule has 21 heavy (non-hydrogen) atoms. The maximum atomic E-state index is 3.78. The first-order chi connectivity index (χ1) is 10.1. The Morgan fingerprint density at radius 3 is 1.29 bits per heavy atom. The van der Waals surface area contributed by atoms with Crippen molar-refractivity contribution in [3.63, 3.8) is 0 Å². The molecule has 0 saturated heterocycles. The van der Waals surface area contributed by atoms with Crippen LogP contribution < -0.4 is 0 Å². The van der Waals surface area contributed by atoms with Gasteiger partial charge in [-0.2, -0.15) is 0 Å². The number of rotatable bonds is 16. The third-order valence-corrected chi connectivity index (χ3v) is 4.34. The van der Waals surface area contributed by atoms with Crippen molar-refractivity contribution >= 4 is 0 Å². The van der Waals surface area contributed by atoms with Crippen LogP contribution in [-0.4, -0.2) is 31.7 Å². The van der Waals surface area contributed by atoms with Crippen molar-refractivity contribution in [2.45, 2.75) is 77.0 Å². The SMILES string of the molecule is C=CCCCCCCC[N+](C)(C)CCCCCCCC=C. The maximum absolute atomic E-state index is 3.78. The Labute approximate surface area is 134 Å². The molecule has 0 aliphatic carbocycles. The summed E-state index contributed by atoms with van der Waals surface area (Å²) in [5.74, 6) is 0. The Kier molecular flexibility index (Phi) is 14.0. The number of allylic oxidation sites excluding steroid dienone is 2. The summed E-state index contributed by atoms with van der Waals surface area (Å²) < 4.78 is 1.21. The molecule has 1 heteroatoms. The molecule has 0 spiro atoms. The van der Waals surface area contributed by atoms with Gasteiger partial charge in [-0.1, -0.05) is 37.8 Å². The van der Waals surface area contributed by atoms with Gasteiger partial charge < -0.3 is 4.48 Å². The predicted octanol–water partition coefficient (Wildman–Crippen LogP) is 6.12. The van der Waals surface area contributed by atoms with E-state index in [0.29, 0.717) is 0 Å². The zero-order valence-corrected chi connectivity index (χ0v) is 14.9. The molecule has 0 aromatic heterocycles. The van der Waals surface area contributed by atoms with Gasteiger partial charge in [0.05, 0.1) is 27.2 Å². The van der Waals surface area contributed by atoms with Gasteiger partial charge in [0, 0.05) is 0 Å². The molecule has 0 bridgehead atoms. The molecule has 124 valence electrons. The first kappa shape index (κ1) is 20.4. The van der Waals surface area contributed by atoms with E-state index in [1.165, 1.54) is 94.6 Å². The van der Waals surface area contributed by atoms with Crippen LogP contribution in [0, 0.1) is 0 Å². The number of hydrogen-bond donors (Lipinski definition) is 0. The van der Waals surface area contributed by atoms with Crippen LogP contribution in [-0.2, 0) is 0 Å². The highest BCUT2D eigenvalue weighted by Crippen LogP contribution is 2.11. The Bertz CT molecular complexity index is 218. The summed E-state index contributed by atoms with van der Waals surface area (Å²) in [5, 5.41) is 0. The van der Waals surface area contributed by atoms with E-state index in [1.807, 2.05) is 12.2 Å². The van der Waals surface area contributed by atoms with Crippen LogP contribution in [0.15, 0.2) is 25.3 Å². The minimum absolute atomic E-state index is 1.19. The molecule has 0 aromatic rings. The second-order valence-electron chi connectivity index (χ2n) is 7.07. The Hall–Kier alpha value is -0.560. The van der Waals surface area contributed by atoms with E-state index in [-0.39, 0.29) is 0 Å². The molecule has 0 atom stereocenters. The minimum Gasteiger partial charge on any atom is -0.328 e. The first-order valence-electron chi connectivity index (χ1n) is 9.16. The van der Waals surface area contributed by atoms with E-state index >= 15 is 0 Å². The van der Waals surface area contributed by atoms with Crippen LogP contribution in [0.4, 0.5) is 0 Å². The van der Waals surface area contributed by atoms with Crippen LogP contribution in [0.25, 0.3) is 0 Å². The normalized spacial score (nSPS) is 11.5. The lowest BCUT2D eigenvalue weighted by molar-refractivity contribution is -0.890. The second-order valence-corrected chi connectivity index (χ2v) is 7.07. The van der Waals surface area contributed by atoms with Gasteiger partial charge in [0.2, 0.25) is 0 Å². The summed E-state index contributed by atoms with van der Waals surface area (Å²) in [6.45, 7) is 10.2. The highest BCUT2D eigenvalue weighted by Gasteiger charge is 2.13. The molecule has 0 rings (SSSR count). The highest BCUT2D eigenvalue weighted by molar-refractivity contribution is 4.65. The molecule has 0 N–H and O–H groups in total. The largest absolute Gasteiger partial charge is 0.328 e. The molecular weight excluding hydrogens is 254 g/mol.